The topological polar surface area (TPSA) is 58.6 Å². The summed E-state index contributed by atoms with van der Waals surface area (Å²) in [6.45, 7) is 19.4. The molecule has 0 aromatic rings. The van der Waals surface area contributed by atoms with Crippen molar-refractivity contribution < 1.29 is 14.6 Å². The quantitative estimate of drug-likeness (QED) is 0.614. The number of ether oxygens (including phenoxy) is 1. The predicted molar refractivity (Wildman–Crippen MR) is 111 cm³/mol. The van der Waals surface area contributed by atoms with Crippen molar-refractivity contribution in [2.75, 3.05) is 13.2 Å². The fourth-order valence-electron chi connectivity index (χ4n) is 3.10. The SMILES string of the molecule is C=C(/C=C(\C)NC(=O)C(C)(C)SC1CCOCC1)C(C)(C)C(O)C(C)C. The van der Waals surface area contributed by atoms with Gasteiger partial charge in [-0.05, 0) is 51.2 Å². The first-order valence-corrected chi connectivity index (χ1v) is 10.4. The zero-order valence-electron chi connectivity index (χ0n) is 17.5. The highest BCUT2D eigenvalue weighted by Gasteiger charge is 2.34. The molecule has 5 heteroatoms. The molecule has 1 fully saturated rings. The largest absolute Gasteiger partial charge is 0.392 e. The van der Waals surface area contributed by atoms with Crippen molar-refractivity contribution in [3.8, 4) is 0 Å². The standard InChI is InChI=1S/C21H37NO3S/c1-14(2)18(23)20(5,6)15(3)13-16(4)22-19(24)21(7,8)26-17-9-11-25-12-10-17/h13-14,17-18,23H,3,9-12H2,1-2,4-8H3,(H,22,24)/b16-13+. The van der Waals surface area contributed by atoms with Crippen molar-refractivity contribution in [2.24, 2.45) is 11.3 Å². The molecule has 0 aromatic heterocycles. The van der Waals surface area contributed by atoms with E-state index in [9.17, 15) is 9.90 Å². The van der Waals surface area contributed by atoms with Gasteiger partial charge in [0.05, 0.1) is 10.9 Å². The van der Waals surface area contributed by atoms with Gasteiger partial charge in [-0.1, -0.05) is 34.3 Å². The lowest BCUT2D eigenvalue weighted by Gasteiger charge is -2.34. The van der Waals surface area contributed by atoms with Crippen LogP contribution in [0.5, 0.6) is 0 Å². The van der Waals surface area contributed by atoms with Gasteiger partial charge in [-0.2, -0.15) is 0 Å². The van der Waals surface area contributed by atoms with Crippen LogP contribution in [0.2, 0.25) is 0 Å². The zero-order chi connectivity index (χ0) is 20.1. The summed E-state index contributed by atoms with van der Waals surface area (Å²) in [5.41, 5.74) is 1.11. The second kappa shape index (κ2) is 9.43. The summed E-state index contributed by atoms with van der Waals surface area (Å²) in [6, 6.07) is 0. The Bertz CT molecular complexity index is 531. The average Bonchev–Trinajstić information content (AvgIpc) is 2.54. The fraction of sp³-hybridized carbons (Fsp3) is 0.762. The summed E-state index contributed by atoms with van der Waals surface area (Å²) in [5.74, 6) is 0.137. The Morgan fingerprint density at radius 2 is 1.81 bits per heavy atom. The number of aliphatic hydroxyl groups is 1. The molecule has 0 spiro atoms. The van der Waals surface area contributed by atoms with Gasteiger partial charge >= 0.3 is 0 Å². The van der Waals surface area contributed by atoms with Crippen molar-refractivity contribution in [2.45, 2.75) is 77.4 Å². The Labute approximate surface area is 163 Å². The van der Waals surface area contributed by atoms with E-state index in [1.807, 2.05) is 54.5 Å². The Morgan fingerprint density at radius 1 is 1.27 bits per heavy atom. The van der Waals surface area contributed by atoms with Gasteiger partial charge in [0.2, 0.25) is 5.91 Å². The lowest BCUT2D eigenvalue weighted by molar-refractivity contribution is -0.121. The molecular formula is C21H37NO3S. The Hall–Kier alpha value is -0.780. The van der Waals surface area contributed by atoms with E-state index in [-0.39, 0.29) is 11.8 Å². The van der Waals surface area contributed by atoms with E-state index in [0.717, 1.165) is 37.3 Å². The normalized spacial score (nSPS) is 18.7. The molecule has 1 atom stereocenters. The first-order valence-electron chi connectivity index (χ1n) is 9.50. The van der Waals surface area contributed by atoms with Crippen molar-refractivity contribution in [3.05, 3.63) is 23.9 Å². The van der Waals surface area contributed by atoms with Gasteiger partial charge in [0.15, 0.2) is 0 Å². The number of hydrogen-bond donors (Lipinski definition) is 2. The maximum atomic E-state index is 12.7. The third-order valence-corrected chi connectivity index (χ3v) is 6.66. The van der Waals surface area contributed by atoms with Crippen LogP contribution in [-0.4, -0.2) is 40.3 Å². The number of allylic oxidation sites excluding steroid dienone is 2. The van der Waals surface area contributed by atoms with Crippen LogP contribution in [0.15, 0.2) is 23.9 Å². The van der Waals surface area contributed by atoms with Crippen molar-refractivity contribution in [1.29, 1.82) is 0 Å². The first-order chi connectivity index (χ1) is 11.9. The van der Waals surface area contributed by atoms with E-state index in [1.54, 1.807) is 11.8 Å². The minimum Gasteiger partial charge on any atom is -0.392 e. The number of carbonyl (C=O) groups is 1. The van der Waals surface area contributed by atoms with E-state index in [2.05, 4.69) is 11.9 Å². The summed E-state index contributed by atoms with van der Waals surface area (Å²) < 4.78 is 4.89. The summed E-state index contributed by atoms with van der Waals surface area (Å²) in [7, 11) is 0. The molecule has 4 nitrogen and oxygen atoms in total. The Balaban J connectivity index is 2.71. The van der Waals surface area contributed by atoms with Crippen molar-refractivity contribution in [3.63, 3.8) is 0 Å². The molecule has 1 amide bonds. The van der Waals surface area contributed by atoms with Crippen LogP contribution in [0, 0.1) is 11.3 Å². The van der Waals surface area contributed by atoms with Gasteiger partial charge in [0, 0.05) is 29.6 Å². The van der Waals surface area contributed by atoms with Crippen molar-refractivity contribution >= 4 is 17.7 Å². The average molecular weight is 384 g/mol. The highest BCUT2D eigenvalue weighted by Crippen LogP contribution is 2.35. The highest BCUT2D eigenvalue weighted by atomic mass is 32.2. The third kappa shape index (κ3) is 6.43. The number of rotatable bonds is 8. The molecule has 1 heterocycles. The molecule has 0 bridgehead atoms. The van der Waals surface area contributed by atoms with Crippen LogP contribution in [0.1, 0.15) is 61.3 Å². The maximum Gasteiger partial charge on any atom is 0.239 e. The minimum atomic E-state index is -0.509. The smallest absolute Gasteiger partial charge is 0.239 e. The fourth-order valence-corrected chi connectivity index (χ4v) is 4.52. The molecule has 1 saturated heterocycles. The molecule has 1 rings (SSSR count). The van der Waals surface area contributed by atoms with Crippen LogP contribution in [0.25, 0.3) is 0 Å². The summed E-state index contributed by atoms with van der Waals surface area (Å²) >= 11 is 1.72. The number of aliphatic hydroxyl groups excluding tert-OH is 1. The maximum absolute atomic E-state index is 12.7. The van der Waals surface area contributed by atoms with Gasteiger partial charge < -0.3 is 15.2 Å². The molecule has 0 aliphatic carbocycles. The molecule has 150 valence electrons. The van der Waals surface area contributed by atoms with E-state index in [0.29, 0.717) is 5.25 Å². The molecule has 1 aliphatic rings. The van der Waals surface area contributed by atoms with E-state index < -0.39 is 16.3 Å². The van der Waals surface area contributed by atoms with Gasteiger partial charge in [-0.3, -0.25) is 4.79 Å². The van der Waals surface area contributed by atoms with Crippen LogP contribution >= 0.6 is 11.8 Å². The molecule has 2 N–H and O–H groups in total. The highest BCUT2D eigenvalue weighted by molar-refractivity contribution is 8.01. The Morgan fingerprint density at radius 3 is 2.31 bits per heavy atom. The van der Waals surface area contributed by atoms with Gasteiger partial charge in [-0.25, -0.2) is 0 Å². The molecule has 0 aromatic carbocycles. The van der Waals surface area contributed by atoms with Crippen molar-refractivity contribution in [1.82, 2.24) is 5.32 Å². The third-order valence-electron chi connectivity index (χ3n) is 5.08. The van der Waals surface area contributed by atoms with Crippen LogP contribution in [0.3, 0.4) is 0 Å². The van der Waals surface area contributed by atoms with Gasteiger partial charge in [-0.15, -0.1) is 11.8 Å². The Kier molecular flexibility index (Phi) is 8.43. The van der Waals surface area contributed by atoms with E-state index in [1.165, 1.54) is 0 Å². The number of thioether (sulfide) groups is 1. The number of carbonyl (C=O) groups excluding carboxylic acids is 1. The van der Waals surface area contributed by atoms with Crippen LogP contribution in [0.4, 0.5) is 0 Å². The minimum absolute atomic E-state index is 0.00208. The molecule has 1 aliphatic heterocycles. The zero-order valence-corrected chi connectivity index (χ0v) is 18.3. The molecular weight excluding hydrogens is 346 g/mol. The van der Waals surface area contributed by atoms with Gasteiger partial charge in [0.1, 0.15) is 0 Å². The lowest BCUT2D eigenvalue weighted by atomic mass is 9.75. The number of nitrogens with one attached hydrogen (secondary N) is 1. The first kappa shape index (κ1) is 23.3. The van der Waals surface area contributed by atoms with Crippen LogP contribution < -0.4 is 5.32 Å². The summed E-state index contributed by atoms with van der Waals surface area (Å²) in [6.07, 6.45) is 3.37. The second-order valence-electron chi connectivity index (χ2n) is 8.66. The monoisotopic (exact) mass is 383 g/mol. The molecule has 0 radical (unpaired) electrons. The molecule has 26 heavy (non-hydrogen) atoms. The predicted octanol–water partition coefficient (Wildman–Crippen LogP) is 4.30. The molecule has 1 unspecified atom stereocenters. The van der Waals surface area contributed by atoms with Crippen LogP contribution in [-0.2, 0) is 9.53 Å². The second-order valence-corrected chi connectivity index (χ2v) is 10.6. The van der Waals surface area contributed by atoms with Gasteiger partial charge in [0.25, 0.3) is 0 Å². The number of amides is 1. The summed E-state index contributed by atoms with van der Waals surface area (Å²) in [4.78, 5) is 12.7. The number of hydrogen-bond acceptors (Lipinski definition) is 4. The summed E-state index contributed by atoms with van der Waals surface area (Å²) in [5, 5.41) is 13.9. The van der Waals surface area contributed by atoms with E-state index in [4.69, 9.17) is 4.74 Å². The molecule has 0 saturated carbocycles. The lowest BCUT2D eigenvalue weighted by Crippen LogP contribution is -2.41. The van der Waals surface area contributed by atoms with E-state index >= 15 is 0 Å².